The van der Waals surface area contributed by atoms with Crippen LogP contribution in [0, 0.1) is 5.92 Å². The summed E-state index contributed by atoms with van der Waals surface area (Å²) in [6, 6.07) is 4.34. The summed E-state index contributed by atoms with van der Waals surface area (Å²) < 4.78 is 10.8. The summed E-state index contributed by atoms with van der Waals surface area (Å²) in [6.45, 7) is 7.86. The minimum atomic E-state index is 0. The first-order valence-electron chi connectivity index (χ1n) is 8.31. The van der Waals surface area contributed by atoms with Gasteiger partial charge < -0.3 is 19.4 Å². The van der Waals surface area contributed by atoms with Crippen LogP contribution in [0.3, 0.4) is 0 Å². The summed E-state index contributed by atoms with van der Waals surface area (Å²) in [4.78, 5) is 6.99. The third-order valence-electron chi connectivity index (χ3n) is 4.11. The molecule has 1 aromatic rings. The van der Waals surface area contributed by atoms with E-state index in [4.69, 9.17) is 14.1 Å². The number of nitrogens with one attached hydrogen (secondary N) is 1. The number of halogens is 1. The number of aliphatic imine (C=N–C) groups is 1. The van der Waals surface area contributed by atoms with Crippen LogP contribution in [-0.2, 0) is 11.2 Å². The number of ether oxygens (including phenoxy) is 1. The second-order valence-corrected chi connectivity index (χ2v) is 6.10. The van der Waals surface area contributed by atoms with Crippen molar-refractivity contribution in [1.29, 1.82) is 0 Å². The van der Waals surface area contributed by atoms with E-state index in [-0.39, 0.29) is 24.0 Å². The van der Waals surface area contributed by atoms with Crippen LogP contribution in [0.4, 0.5) is 0 Å². The fourth-order valence-electron chi connectivity index (χ4n) is 2.53. The predicted octanol–water partition coefficient (Wildman–Crippen LogP) is 3.15. The highest BCUT2D eigenvalue weighted by Gasteiger charge is 2.19. The average molecular weight is 435 g/mol. The van der Waals surface area contributed by atoms with E-state index in [1.165, 1.54) is 0 Å². The number of furan rings is 1. The van der Waals surface area contributed by atoms with Gasteiger partial charge in [0.1, 0.15) is 5.76 Å². The minimum absolute atomic E-state index is 0. The van der Waals surface area contributed by atoms with Gasteiger partial charge in [-0.2, -0.15) is 0 Å². The summed E-state index contributed by atoms with van der Waals surface area (Å²) >= 11 is 0. The Kier molecular flexibility index (Phi) is 9.62. The van der Waals surface area contributed by atoms with Crippen molar-refractivity contribution in [2.75, 3.05) is 33.4 Å². The number of guanidine groups is 1. The minimum Gasteiger partial charge on any atom is -0.469 e. The maximum Gasteiger partial charge on any atom is 0.193 e. The van der Waals surface area contributed by atoms with Gasteiger partial charge in [0, 0.05) is 45.1 Å². The molecule has 6 heteroatoms. The van der Waals surface area contributed by atoms with Gasteiger partial charge in [-0.1, -0.05) is 6.92 Å². The Balaban J connectivity index is 0.00000264. The normalized spacial score (nSPS) is 19.3. The summed E-state index contributed by atoms with van der Waals surface area (Å²) in [6.07, 6.45) is 4.77. The molecule has 1 N–H and O–H groups in total. The summed E-state index contributed by atoms with van der Waals surface area (Å²) in [7, 11) is 2.11. The molecule has 2 rings (SSSR count). The number of hydrogen-bond donors (Lipinski definition) is 1. The topological polar surface area (TPSA) is 50.0 Å². The van der Waals surface area contributed by atoms with Crippen molar-refractivity contribution in [3.63, 3.8) is 0 Å². The van der Waals surface area contributed by atoms with E-state index < -0.39 is 0 Å². The third-order valence-corrected chi connectivity index (χ3v) is 4.11. The fraction of sp³-hybridized carbons (Fsp3) is 0.706. The summed E-state index contributed by atoms with van der Waals surface area (Å²) in [5.41, 5.74) is 0. The average Bonchev–Trinajstić information content (AvgIpc) is 3.19. The molecular weight excluding hydrogens is 405 g/mol. The maximum atomic E-state index is 5.47. The van der Waals surface area contributed by atoms with Gasteiger partial charge in [0.05, 0.1) is 12.9 Å². The van der Waals surface area contributed by atoms with Crippen molar-refractivity contribution in [1.82, 2.24) is 10.2 Å². The quantitative estimate of drug-likeness (QED) is 0.406. The molecule has 0 aliphatic carbocycles. The number of rotatable bonds is 7. The van der Waals surface area contributed by atoms with E-state index in [9.17, 15) is 0 Å². The van der Waals surface area contributed by atoms with E-state index in [1.54, 1.807) is 6.26 Å². The molecule has 132 valence electrons. The van der Waals surface area contributed by atoms with Crippen molar-refractivity contribution in [3.8, 4) is 0 Å². The first-order valence-corrected chi connectivity index (χ1v) is 8.31. The molecule has 23 heavy (non-hydrogen) atoms. The highest BCUT2D eigenvalue weighted by Crippen LogP contribution is 2.13. The molecule has 1 aromatic heterocycles. The lowest BCUT2D eigenvalue weighted by atomic mass is 10.1. The van der Waals surface area contributed by atoms with Gasteiger partial charge in [-0.05, 0) is 31.9 Å². The van der Waals surface area contributed by atoms with E-state index >= 15 is 0 Å². The molecule has 0 saturated carbocycles. The monoisotopic (exact) mass is 435 g/mol. The van der Waals surface area contributed by atoms with Crippen LogP contribution in [-0.4, -0.2) is 50.3 Å². The highest BCUT2D eigenvalue weighted by atomic mass is 127. The van der Waals surface area contributed by atoms with Crippen LogP contribution in [0.5, 0.6) is 0 Å². The van der Waals surface area contributed by atoms with Gasteiger partial charge in [-0.15, -0.1) is 24.0 Å². The second-order valence-electron chi connectivity index (χ2n) is 6.10. The Hall–Kier alpha value is -0.760. The van der Waals surface area contributed by atoms with Crippen LogP contribution >= 0.6 is 24.0 Å². The van der Waals surface area contributed by atoms with Crippen LogP contribution in [0.1, 0.15) is 32.4 Å². The van der Waals surface area contributed by atoms with Crippen molar-refractivity contribution in [2.24, 2.45) is 10.9 Å². The Morgan fingerprint density at radius 1 is 1.52 bits per heavy atom. The summed E-state index contributed by atoms with van der Waals surface area (Å²) in [5, 5.41) is 3.52. The van der Waals surface area contributed by atoms with Gasteiger partial charge >= 0.3 is 0 Å². The van der Waals surface area contributed by atoms with Crippen LogP contribution in [0.15, 0.2) is 27.8 Å². The lowest BCUT2D eigenvalue weighted by Crippen LogP contribution is -2.45. The molecule has 1 aliphatic heterocycles. The molecule has 0 aromatic carbocycles. The Bertz CT molecular complexity index is 445. The molecule has 1 aliphatic rings. The molecular formula is C17H30IN3O2. The molecule has 0 bridgehead atoms. The first kappa shape index (κ1) is 20.3. The molecule has 5 nitrogen and oxygen atoms in total. The van der Waals surface area contributed by atoms with E-state index in [1.807, 2.05) is 12.1 Å². The first-order chi connectivity index (χ1) is 10.7. The van der Waals surface area contributed by atoms with E-state index in [0.717, 1.165) is 57.3 Å². The van der Waals surface area contributed by atoms with Crippen LogP contribution in [0.2, 0.25) is 0 Å². The molecule has 0 amide bonds. The number of hydrogen-bond acceptors (Lipinski definition) is 3. The zero-order valence-corrected chi connectivity index (χ0v) is 16.8. The van der Waals surface area contributed by atoms with E-state index in [2.05, 4.69) is 31.1 Å². The molecule has 1 saturated heterocycles. The highest BCUT2D eigenvalue weighted by molar-refractivity contribution is 14.0. The molecule has 2 atom stereocenters. The molecule has 2 unspecified atom stereocenters. The zero-order valence-electron chi connectivity index (χ0n) is 14.5. The predicted molar refractivity (Wildman–Crippen MR) is 105 cm³/mol. The Labute approximate surface area is 156 Å². The smallest absolute Gasteiger partial charge is 0.193 e. The standard InChI is InChI=1S/C17H29N3O2.HI/c1-4-14(2)19-17(18-9-7-16-6-5-10-22-16)20(3)12-15-8-11-21-13-15;/h5-6,10,14-15H,4,7-9,11-13H2,1-3H3,(H,18,19);1H. The van der Waals surface area contributed by atoms with Crippen molar-refractivity contribution >= 4 is 29.9 Å². The zero-order chi connectivity index (χ0) is 15.8. The SMILES string of the molecule is CCC(C)NC(=NCCc1ccco1)N(C)CC1CCOC1.I. The third kappa shape index (κ3) is 7.12. The van der Waals surface area contributed by atoms with Crippen molar-refractivity contribution in [3.05, 3.63) is 24.2 Å². The Morgan fingerprint density at radius 3 is 2.96 bits per heavy atom. The lowest BCUT2D eigenvalue weighted by molar-refractivity contribution is 0.181. The largest absolute Gasteiger partial charge is 0.469 e. The van der Waals surface area contributed by atoms with Gasteiger partial charge in [0.25, 0.3) is 0 Å². The van der Waals surface area contributed by atoms with Crippen LogP contribution < -0.4 is 5.32 Å². The van der Waals surface area contributed by atoms with Gasteiger partial charge in [0.2, 0.25) is 0 Å². The fourth-order valence-corrected chi connectivity index (χ4v) is 2.53. The molecule has 0 spiro atoms. The lowest BCUT2D eigenvalue weighted by Gasteiger charge is -2.27. The van der Waals surface area contributed by atoms with Gasteiger partial charge in [-0.25, -0.2) is 0 Å². The molecule has 0 radical (unpaired) electrons. The number of nitrogens with zero attached hydrogens (tertiary/aromatic N) is 2. The maximum absolute atomic E-state index is 5.47. The van der Waals surface area contributed by atoms with Crippen molar-refractivity contribution in [2.45, 2.75) is 39.2 Å². The Morgan fingerprint density at radius 2 is 2.35 bits per heavy atom. The second kappa shape index (κ2) is 10.9. The molecule has 1 fully saturated rings. The van der Waals surface area contributed by atoms with Crippen LogP contribution in [0.25, 0.3) is 0 Å². The van der Waals surface area contributed by atoms with Gasteiger partial charge in [-0.3, -0.25) is 4.99 Å². The molecule has 2 heterocycles. The van der Waals surface area contributed by atoms with Crippen molar-refractivity contribution < 1.29 is 9.15 Å². The van der Waals surface area contributed by atoms with Gasteiger partial charge in [0.15, 0.2) is 5.96 Å². The van der Waals surface area contributed by atoms with E-state index in [0.29, 0.717) is 12.0 Å². The summed E-state index contributed by atoms with van der Waals surface area (Å²) in [5.74, 6) is 2.57.